The molecule has 0 aliphatic carbocycles. The van der Waals surface area contributed by atoms with Gasteiger partial charge in [-0.3, -0.25) is 9.48 Å². The second-order valence-corrected chi connectivity index (χ2v) is 6.37. The minimum Gasteiger partial charge on any atom is -0.334 e. The summed E-state index contributed by atoms with van der Waals surface area (Å²) in [5.41, 5.74) is 2.82. The highest BCUT2D eigenvalue weighted by Crippen LogP contribution is 2.22. The average Bonchev–Trinajstić information content (AvgIpc) is 3.25. The van der Waals surface area contributed by atoms with Gasteiger partial charge in [-0.1, -0.05) is 0 Å². The van der Waals surface area contributed by atoms with Crippen molar-refractivity contribution < 1.29 is 4.79 Å². The first-order valence-corrected chi connectivity index (χ1v) is 8.12. The molecule has 124 valence electrons. The Kier molecular flexibility index (Phi) is 3.48. The van der Waals surface area contributed by atoms with Gasteiger partial charge in [0.05, 0.1) is 29.8 Å². The van der Waals surface area contributed by atoms with Gasteiger partial charge in [-0.25, -0.2) is 4.79 Å². The second-order valence-electron chi connectivity index (χ2n) is 6.37. The van der Waals surface area contributed by atoms with E-state index in [1.54, 1.807) is 18.2 Å². The maximum Gasteiger partial charge on any atom is 0.323 e. The molecule has 0 radical (unpaired) electrons. The van der Waals surface area contributed by atoms with Crippen molar-refractivity contribution in [1.82, 2.24) is 24.6 Å². The monoisotopic (exact) mass is 325 g/mol. The van der Waals surface area contributed by atoms with Crippen LogP contribution in [0.4, 0.5) is 0 Å². The van der Waals surface area contributed by atoms with E-state index in [0.29, 0.717) is 23.1 Å². The zero-order valence-electron chi connectivity index (χ0n) is 13.5. The van der Waals surface area contributed by atoms with Gasteiger partial charge in [0.25, 0.3) is 5.91 Å². The lowest BCUT2D eigenvalue weighted by molar-refractivity contribution is 0.0722. The summed E-state index contributed by atoms with van der Waals surface area (Å²) in [5, 5.41) is 4.32. The Balaban J connectivity index is 1.58. The summed E-state index contributed by atoms with van der Waals surface area (Å²) in [6.45, 7) is 3.47. The summed E-state index contributed by atoms with van der Waals surface area (Å²) in [6.07, 6.45) is 5.81. The largest absolute Gasteiger partial charge is 0.334 e. The van der Waals surface area contributed by atoms with Gasteiger partial charge in [0, 0.05) is 18.3 Å². The molecule has 0 saturated carbocycles. The highest BCUT2D eigenvalue weighted by molar-refractivity contribution is 5.97. The van der Waals surface area contributed by atoms with Crippen LogP contribution in [0, 0.1) is 6.92 Å². The number of carbonyl (C=O) groups is 1. The Hall–Kier alpha value is -2.83. The Morgan fingerprint density at radius 3 is 2.96 bits per heavy atom. The van der Waals surface area contributed by atoms with E-state index in [1.165, 1.54) is 0 Å². The molecule has 3 heterocycles. The molecule has 1 saturated heterocycles. The van der Waals surface area contributed by atoms with Crippen LogP contribution < -0.4 is 5.69 Å². The normalized spacial score (nSPS) is 17.7. The van der Waals surface area contributed by atoms with Crippen LogP contribution in [0.15, 0.2) is 35.4 Å². The molecule has 4 rings (SSSR count). The first-order valence-electron chi connectivity index (χ1n) is 8.12. The summed E-state index contributed by atoms with van der Waals surface area (Å²) in [4.78, 5) is 31.6. The molecular formula is C17H19N5O2. The molecule has 1 aromatic carbocycles. The third-order valence-electron chi connectivity index (χ3n) is 4.56. The lowest BCUT2D eigenvalue weighted by Gasteiger charge is -2.24. The molecule has 1 aliphatic rings. The highest BCUT2D eigenvalue weighted by atomic mass is 16.2. The van der Waals surface area contributed by atoms with E-state index < -0.39 is 0 Å². The number of fused-ring (bicyclic) bond motifs is 1. The molecule has 0 unspecified atom stereocenters. The molecule has 1 atom stereocenters. The molecule has 3 aromatic rings. The van der Waals surface area contributed by atoms with Gasteiger partial charge in [0.15, 0.2) is 0 Å². The first-order chi connectivity index (χ1) is 11.6. The Labute approximate surface area is 138 Å². The van der Waals surface area contributed by atoms with Crippen molar-refractivity contribution in [3.63, 3.8) is 0 Å². The molecule has 0 spiro atoms. The number of rotatable bonds is 3. The number of nitrogens with one attached hydrogen (secondary N) is 2. The summed E-state index contributed by atoms with van der Waals surface area (Å²) < 4.78 is 1.90. The van der Waals surface area contributed by atoms with Crippen molar-refractivity contribution in [3.8, 4) is 0 Å². The number of carbonyl (C=O) groups excluding carboxylic acids is 1. The van der Waals surface area contributed by atoms with Gasteiger partial charge in [-0.15, -0.1) is 0 Å². The Morgan fingerprint density at radius 2 is 2.17 bits per heavy atom. The smallest absolute Gasteiger partial charge is 0.323 e. The van der Waals surface area contributed by atoms with E-state index in [1.807, 2.05) is 28.9 Å². The zero-order chi connectivity index (χ0) is 16.7. The first kappa shape index (κ1) is 14.7. The third-order valence-corrected chi connectivity index (χ3v) is 4.56. The quantitative estimate of drug-likeness (QED) is 0.768. The number of likely N-dealkylation sites (tertiary alicyclic amines) is 1. The van der Waals surface area contributed by atoms with Crippen LogP contribution in [0.25, 0.3) is 11.0 Å². The maximum atomic E-state index is 12.9. The minimum absolute atomic E-state index is 0.00493. The van der Waals surface area contributed by atoms with Crippen LogP contribution in [0.2, 0.25) is 0 Å². The van der Waals surface area contributed by atoms with E-state index in [0.717, 1.165) is 24.9 Å². The summed E-state index contributed by atoms with van der Waals surface area (Å²) in [6, 6.07) is 5.42. The van der Waals surface area contributed by atoms with Crippen molar-refractivity contribution in [1.29, 1.82) is 0 Å². The summed E-state index contributed by atoms with van der Waals surface area (Å²) in [5.74, 6) is 0.00493. The van der Waals surface area contributed by atoms with E-state index in [2.05, 4.69) is 15.1 Å². The standard InChI is InChI=1S/C17H19N5O2/c1-11-8-18-21(9-11)10-13-3-2-6-22(13)16(23)12-4-5-14-15(7-12)20-17(24)19-14/h4-5,7-9,13H,2-3,6,10H2,1H3,(H2,19,20,24)/t13-/m1/s1. The predicted octanol–water partition coefficient (Wildman–Crippen LogP) is 1.67. The fourth-order valence-electron chi connectivity index (χ4n) is 3.41. The van der Waals surface area contributed by atoms with Crippen LogP contribution in [-0.4, -0.2) is 43.1 Å². The van der Waals surface area contributed by atoms with Crippen LogP contribution in [-0.2, 0) is 6.54 Å². The van der Waals surface area contributed by atoms with E-state index >= 15 is 0 Å². The van der Waals surface area contributed by atoms with E-state index in [-0.39, 0.29) is 17.6 Å². The lowest BCUT2D eigenvalue weighted by atomic mass is 10.1. The predicted molar refractivity (Wildman–Crippen MR) is 89.9 cm³/mol. The third kappa shape index (κ3) is 2.62. The molecule has 7 heteroatoms. The minimum atomic E-state index is -0.261. The summed E-state index contributed by atoms with van der Waals surface area (Å²) in [7, 11) is 0. The van der Waals surface area contributed by atoms with Gasteiger partial charge in [0.2, 0.25) is 0 Å². The molecule has 0 bridgehead atoms. The fourth-order valence-corrected chi connectivity index (χ4v) is 3.41. The van der Waals surface area contributed by atoms with E-state index in [4.69, 9.17) is 0 Å². The SMILES string of the molecule is Cc1cnn(C[C@H]2CCCN2C(=O)c2ccc3[nH]c(=O)[nH]c3c2)c1. The number of nitrogens with zero attached hydrogens (tertiary/aromatic N) is 3. The molecule has 24 heavy (non-hydrogen) atoms. The number of benzene rings is 1. The molecule has 2 N–H and O–H groups in total. The number of aryl methyl sites for hydroxylation is 1. The Morgan fingerprint density at radius 1 is 1.33 bits per heavy atom. The van der Waals surface area contributed by atoms with Crippen LogP contribution >= 0.6 is 0 Å². The van der Waals surface area contributed by atoms with Crippen molar-refractivity contribution in [3.05, 3.63) is 52.2 Å². The number of hydrogen-bond acceptors (Lipinski definition) is 3. The Bertz CT molecular complexity index is 951. The highest BCUT2D eigenvalue weighted by Gasteiger charge is 2.30. The molecule has 7 nitrogen and oxygen atoms in total. The number of aromatic nitrogens is 4. The number of H-pyrrole nitrogens is 2. The van der Waals surface area contributed by atoms with Crippen molar-refractivity contribution in [2.24, 2.45) is 0 Å². The summed E-state index contributed by atoms with van der Waals surface area (Å²) >= 11 is 0. The van der Waals surface area contributed by atoms with Gasteiger partial charge in [0.1, 0.15) is 0 Å². The fraction of sp³-hybridized carbons (Fsp3) is 0.353. The molecule has 2 aromatic heterocycles. The average molecular weight is 325 g/mol. The van der Waals surface area contributed by atoms with Gasteiger partial charge >= 0.3 is 5.69 Å². The van der Waals surface area contributed by atoms with Crippen LogP contribution in [0.5, 0.6) is 0 Å². The van der Waals surface area contributed by atoms with Gasteiger partial charge in [-0.05, 0) is 43.5 Å². The number of aromatic amines is 2. The van der Waals surface area contributed by atoms with Crippen LogP contribution in [0.1, 0.15) is 28.8 Å². The van der Waals surface area contributed by atoms with Crippen molar-refractivity contribution >= 4 is 16.9 Å². The zero-order valence-corrected chi connectivity index (χ0v) is 13.5. The molecule has 1 fully saturated rings. The number of amides is 1. The van der Waals surface area contributed by atoms with Gasteiger partial charge < -0.3 is 14.9 Å². The van der Waals surface area contributed by atoms with Crippen molar-refractivity contribution in [2.75, 3.05) is 6.54 Å². The van der Waals surface area contributed by atoms with Gasteiger partial charge in [-0.2, -0.15) is 5.10 Å². The maximum absolute atomic E-state index is 12.9. The number of hydrogen-bond donors (Lipinski definition) is 2. The van der Waals surface area contributed by atoms with E-state index in [9.17, 15) is 9.59 Å². The van der Waals surface area contributed by atoms with Crippen molar-refractivity contribution in [2.45, 2.75) is 32.4 Å². The molecule has 1 aliphatic heterocycles. The second kappa shape index (κ2) is 5.67. The molecule has 1 amide bonds. The van der Waals surface area contributed by atoms with Crippen LogP contribution in [0.3, 0.4) is 0 Å². The topological polar surface area (TPSA) is 86.8 Å². The number of imidazole rings is 1. The molecular weight excluding hydrogens is 306 g/mol. The lowest BCUT2D eigenvalue weighted by Crippen LogP contribution is -2.38.